The zero-order chi connectivity index (χ0) is 25.9. The van der Waals surface area contributed by atoms with Crippen molar-refractivity contribution in [3.05, 3.63) is 100 Å². The van der Waals surface area contributed by atoms with Crippen molar-refractivity contribution in [3.8, 4) is 5.75 Å². The fraction of sp³-hybridized carbons (Fsp3) is 0.455. The van der Waals surface area contributed by atoms with Crippen LogP contribution in [-0.2, 0) is 22.0 Å². The average Bonchev–Trinajstić information content (AvgIpc) is 3.41. The Bertz CT molecular complexity index is 1280. The molecule has 1 N–H and O–H groups in total. The molecule has 0 aromatic heterocycles. The van der Waals surface area contributed by atoms with Crippen LogP contribution in [0, 0.1) is 5.41 Å². The Morgan fingerprint density at radius 2 is 1.70 bits per heavy atom. The largest absolute Gasteiger partial charge is 0.488 e. The molecule has 37 heavy (non-hydrogen) atoms. The van der Waals surface area contributed by atoms with Crippen LogP contribution in [0.4, 0.5) is 0 Å². The van der Waals surface area contributed by atoms with E-state index in [4.69, 9.17) is 21.1 Å². The summed E-state index contributed by atoms with van der Waals surface area (Å²) < 4.78 is 11.4. The van der Waals surface area contributed by atoms with Gasteiger partial charge in [0.2, 0.25) is 0 Å². The standard InChI is InChI=1S/C33H37ClO3/c1-30(2)32(17-16-31(3,33(30,35)22-32)25-7-5-4-6-8-25)26-11-14-29(34)24(20-26)19-23-9-12-27(13-10-23)37-28-15-18-36-21-28/h4-14,20,28,35H,15-19,21-22H2,1-3H3/t28-,31?,32?,33+/m0/s1. The Hall–Kier alpha value is -2.33. The van der Waals surface area contributed by atoms with Gasteiger partial charge in [-0.1, -0.05) is 87.0 Å². The lowest BCUT2D eigenvalue weighted by molar-refractivity contribution is -0.281. The van der Waals surface area contributed by atoms with E-state index in [9.17, 15) is 5.11 Å². The van der Waals surface area contributed by atoms with E-state index in [1.165, 1.54) is 16.7 Å². The second-order valence-corrected chi connectivity index (χ2v) is 12.6. The van der Waals surface area contributed by atoms with Crippen LogP contribution in [0.25, 0.3) is 0 Å². The maximum atomic E-state index is 12.2. The van der Waals surface area contributed by atoms with Crippen LogP contribution in [-0.4, -0.2) is 30.0 Å². The highest BCUT2D eigenvalue weighted by molar-refractivity contribution is 6.31. The summed E-state index contributed by atoms with van der Waals surface area (Å²) in [5.41, 5.74) is 3.53. The number of rotatable bonds is 6. The Kier molecular flexibility index (Phi) is 5.98. The first-order valence-corrected chi connectivity index (χ1v) is 14.0. The van der Waals surface area contributed by atoms with Gasteiger partial charge in [-0.05, 0) is 66.1 Å². The first-order valence-electron chi connectivity index (χ1n) is 13.6. The summed E-state index contributed by atoms with van der Waals surface area (Å²) in [6.45, 7) is 8.23. The van der Waals surface area contributed by atoms with Crippen molar-refractivity contribution >= 4 is 11.6 Å². The molecule has 4 aliphatic rings. The molecule has 0 radical (unpaired) electrons. The summed E-state index contributed by atoms with van der Waals surface area (Å²) in [5.74, 6) is 0.886. The molecule has 2 unspecified atom stereocenters. The molecule has 0 amide bonds. The molecule has 0 spiro atoms. The van der Waals surface area contributed by atoms with Crippen LogP contribution in [0.2, 0.25) is 5.02 Å². The molecular weight excluding hydrogens is 480 g/mol. The summed E-state index contributed by atoms with van der Waals surface area (Å²) in [4.78, 5) is 0. The van der Waals surface area contributed by atoms with Gasteiger partial charge in [-0.15, -0.1) is 0 Å². The molecule has 1 saturated heterocycles. The lowest BCUT2D eigenvalue weighted by Crippen LogP contribution is -2.80. The Balaban J connectivity index is 1.25. The predicted molar refractivity (Wildman–Crippen MR) is 149 cm³/mol. The van der Waals surface area contributed by atoms with Gasteiger partial charge in [0.15, 0.2) is 0 Å². The van der Waals surface area contributed by atoms with E-state index in [2.05, 4.69) is 81.4 Å². The second kappa shape index (κ2) is 8.86. The van der Waals surface area contributed by atoms with Crippen LogP contribution in [0.1, 0.15) is 68.7 Å². The van der Waals surface area contributed by atoms with Crippen LogP contribution in [0.3, 0.4) is 0 Å². The average molecular weight is 517 g/mol. The molecule has 4 atom stereocenters. The van der Waals surface area contributed by atoms with Crippen molar-refractivity contribution in [2.24, 2.45) is 5.41 Å². The number of ether oxygens (including phenoxy) is 2. The van der Waals surface area contributed by atoms with Gasteiger partial charge >= 0.3 is 0 Å². The van der Waals surface area contributed by atoms with Gasteiger partial charge in [-0.25, -0.2) is 0 Å². The number of hydrogen-bond donors (Lipinski definition) is 1. The molecule has 7 rings (SSSR count). The first kappa shape index (κ1) is 25.0. The van der Waals surface area contributed by atoms with Crippen molar-refractivity contribution in [2.45, 2.75) is 75.4 Å². The van der Waals surface area contributed by atoms with E-state index in [0.29, 0.717) is 6.61 Å². The minimum absolute atomic E-state index is 0.0591. The molecule has 3 nitrogen and oxygen atoms in total. The van der Waals surface area contributed by atoms with Gasteiger partial charge < -0.3 is 14.6 Å². The first-order chi connectivity index (χ1) is 17.7. The summed E-state index contributed by atoms with van der Waals surface area (Å²) in [5, 5.41) is 13.0. The molecule has 1 heterocycles. The maximum Gasteiger partial charge on any atom is 0.124 e. The fourth-order valence-corrected chi connectivity index (χ4v) is 7.82. The molecule has 3 aromatic carbocycles. The lowest BCUT2D eigenvalue weighted by Gasteiger charge is -2.76. The van der Waals surface area contributed by atoms with Crippen molar-refractivity contribution in [1.82, 2.24) is 0 Å². The lowest BCUT2D eigenvalue weighted by atomic mass is 9.29. The van der Waals surface area contributed by atoms with Gasteiger partial charge in [0.1, 0.15) is 11.9 Å². The fourth-order valence-electron chi connectivity index (χ4n) is 7.63. The SMILES string of the molecule is CC1(c2ccccc2)CCC2(c3ccc(Cl)c(Cc4ccc(O[C@H]5CCOC5)cc4)c3)C[C@@]1(O)C2(C)C. The highest BCUT2D eigenvalue weighted by Crippen LogP contribution is 2.75. The van der Waals surface area contributed by atoms with E-state index in [0.717, 1.165) is 55.0 Å². The number of fused-ring (bicyclic) bond motifs is 2. The maximum absolute atomic E-state index is 12.2. The van der Waals surface area contributed by atoms with Crippen LogP contribution in [0.5, 0.6) is 5.75 Å². The quantitative estimate of drug-likeness (QED) is 0.375. The molecule has 194 valence electrons. The second-order valence-electron chi connectivity index (χ2n) is 12.2. The van der Waals surface area contributed by atoms with E-state index < -0.39 is 5.60 Å². The summed E-state index contributed by atoms with van der Waals surface area (Å²) in [7, 11) is 0. The van der Waals surface area contributed by atoms with Gasteiger partial charge in [-0.3, -0.25) is 0 Å². The van der Waals surface area contributed by atoms with Gasteiger partial charge in [0, 0.05) is 27.7 Å². The van der Waals surface area contributed by atoms with Crippen LogP contribution < -0.4 is 4.74 Å². The van der Waals surface area contributed by atoms with Crippen molar-refractivity contribution in [2.75, 3.05) is 13.2 Å². The Labute approximate surface area is 225 Å². The molecule has 1 aliphatic heterocycles. The molecule has 4 fully saturated rings. The number of benzene rings is 3. The third kappa shape index (κ3) is 3.69. The van der Waals surface area contributed by atoms with E-state index in [1.807, 2.05) is 12.1 Å². The van der Waals surface area contributed by atoms with Crippen molar-refractivity contribution < 1.29 is 14.6 Å². The van der Waals surface area contributed by atoms with E-state index >= 15 is 0 Å². The van der Waals surface area contributed by atoms with Crippen molar-refractivity contribution in [1.29, 1.82) is 0 Å². The molecule has 4 heteroatoms. The third-order valence-corrected chi connectivity index (χ3v) is 10.6. The molecule has 3 aromatic rings. The van der Waals surface area contributed by atoms with Crippen molar-refractivity contribution in [3.63, 3.8) is 0 Å². The van der Waals surface area contributed by atoms with Gasteiger partial charge in [0.05, 0.1) is 18.8 Å². The smallest absolute Gasteiger partial charge is 0.124 e. The van der Waals surface area contributed by atoms with E-state index in [1.54, 1.807) is 0 Å². The summed E-state index contributed by atoms with van der Waals surface area (Å²) in [6.07, 6.45) is 4.65. The number of hydrogen-bond acceptors (Lipinski definition) is 3. The highest BCUT2D eigenvalue weighted by Gasteiger charge is 2.77. The van der Waals surface area contributed by atoms with Gasteiger partial charge in [-0.2, -0.15) is 0 Å². The topological polar surface area (TPSA) is 38.7 Å². The highest BCUT2D eigenvalue weighted by atomic mass is 35.5. The molecular formula is C33H37ClO3. The molecule has 3 aliphatic carbocycles. The third-order valence-electron chi connectivity index (χ3n) is 10.3. The zero-order valence-electron chi connectivity index (χ0n) is 22.1. The monoisotopic (exact) mass is 516 g/mol. The van der Waals surface area contributed by atoms with E-state index in [-0.39, 0.29) is 22.3 Å². The molecule has 3 saturated carbocycles. The zero-order valence-corrected chi connectivity index (χ0v) is 22.9. The summed E-state index contributed by atoms with van der Waals surface area (Å²) in [6, 6.07) is 25.5. The minimum atomic E-state index is -0.764. The minimum Gasteiger partial charge on any atom is -0.488 e. The Morgan fingerprint density at radius 3 is 2.38 bits per heavy atom. The van der Waals surface area contributed by atoms with Gasteiger partial charge in [0.25, 0.3) is 0 Å². The number of halogens is 1. The van der Waals surface area contributed by atoms with Crippen LogP contribution >= 0.6 is 11.6 Å². The predicted octanol–water partition coefficient (Wildman–Crippen LogP) is 7.25. The number of aliphatic hydroxyl groups is 1. The summed E-state index contributed by atoms with van der Waals surface area (Å²) >= 11 is 6.72. The molecule has 2 bridgehead atoms. The Morgan fingerprint density at radius 1 is 0.946 bits per heavy atom. The van der Waals surface area contributed by atoms with Crippen LogP contribution in [0.15, 0.2) is 72.8 Å². The normalized spacial score (nSPS) is 32.1.